The number of rotatable bonds is 7. The molecule has 0 aliphatic rings. The van der Waals surface area contributed by atoms with Crippen molar-refractivity contribution in [2.24, 2.45) is 0 Å². The lowest BCUT2D eigenvalue weighted by molar-refractivity contribution is 0.953. The van der Waals surface area contributed by atoms with Gasteiger partial charge in [-0.3, -0.25) is 4.57 Å². The molecule has 4 heterocycles. The summed E-state index contributed by atoms with van der Waals surface area (Å²) in [6, 6.07) is 86.3. The summed E-state index contributed by atoms with van der Waals surface area (Å²) in [6.07, 6.45) is 0. The van der Waals surface area contributed by atoms with Crippen LogP contribution in [0.15, 0.2) is 243 Å². The van der Waals surface area contributed by atoms with E-state index in [4.69, 9.17) is 15.0 Å². The molecule has 322 valence electrons. The molecule has 4 aromatic heterocycles. The quantitative estimate of drug-likeness (QED) is 0.160. The van der Waals surface area contributed by atoms with E-state index in [9.17, 15) is 0 Å². The van der Waals surface area contributed by atoms with Crippen LogP contribution < -0.4 is 0 Å². The van der Waals surface area contributed by atoms with Crippen LogP contribution in [0.5, 0.6) is 0 Å². The number of fused-ring (bicyclic) bond motifs is 10. The lowest BCUT2D eigenvalue weighted by Crippen LogP contribution is -2.08. The van der Waals surface area contributed by atoms with Gasteiger partial charge in [0, 0.05) is 49.0 Å². The van der Waals surface area contributed by atoms with E-state index in [1.54, 1.807) is 0 Å². The fourth-order valence-corrected chi connectivity index (χ4v) is 10.7. The predicted molar refractivity (Wildman–Crippen MR) is 285 cm³/mol. The molecule has 6 nitrogen and oxygen atoms in total. The molecule has 69 heavy (non-hydrogen) atoms. The lowest BCUT2D eigenvalue weighted by Gasteiger charge is -2.17. The Morgan fingerprint density at radius 1 is 0.261 bits per heavy atom. The van der Waals surface area contributed by atoms with E-state index in [1.165, 1.54) is 10.8 Å². The van der Waals surface area contributed by atoms with Gasteiger partial charge < -0.3 is 9.13 Å². The predicted octanol–water partition coefficient (Wildman–Crippen LogP) is 15.8. The zero-order valence-corrected chi connectivity index (χ0v) is 37.3. The molecule has 0 amide bonds. The van der Waals surface area contributed by atoms with Gasteiger partial charge in [-0.1, -0.05) is 200 Å². The van der Waals surface area contributed by atoms with Crippen LogP contribution in [0.3, 0.4) is 0 Å². The van der Waals surface area contributed by atoms with E-state index < -0.39 is 0 Å². The van der Waals surface area contributed by atoms with Crippen LogP contribution in [0, 0.1) is 0 Å². The molecule has 0 saturated heterocycles. The van der Waals surface area contributed by atoms with Crippen molar-refractivity contribution in [3.63, 3.8) is 0 Å². The number of nitrogens with zero attached hydrogens (tertiary/aromatic N) is 6. The Morgan fingerprint density at radius 3 is 1.38 bits per heavy atom. The molecule has 0 aliphatic carbocycles. The van der Waals surface area contributed by atoms with E-state index in [-0.39, 0.29) is 0 Å². The highest BCUT2D eigenvalue weighted by molar-refractivity contribution is 6.27. The summed E-state index contributed by atoms with van der Waals surface area (Å²) in [5, 5.41) is 6.88. The van der Waals surface area contributed by atoms with Gasteiger partial charge in [0.15, 0.2) is 11.6 Å². The summed E-state index contributed by atoms with van der Waals surface area (Å²) in [5.41, 5.74) is 14.9. The van der Waals surface area contributed by atoms with Crippen LogP contribution in [0.25, 0.3) is 128 Å². The smallest absolute Gasteiger partial charge is 0.238 e. The Morgan fingerprint density at radius 2 is 0.725 bits per heavy atom. The van der Waals surface area contributed by atoms with Gasteiger partial charge in [0.1, 0.15) is 0 Å². The molecule has 0 radical (unpaired) electrons. The molecular formula is C63H40N6. The fourth-order valence-electron chi connectivity index (χ4n) is 10.7. The first kappa shape index (κ1) is 38.8. The highest BCUT2D eigenvalue weighted by Crippen LogP contribution is 2.47. The van der Waals surface area contributed by atoms with E-state index in [2.05, 4.69) is 232 Å². The summed E-state index contributed by atoms with van der Waals surface area (Å²) in [7, 11) is 0. The molecule has 14 rings (SSSR count). The minimum Gasteiger partial charge on any atom is -0.309 e. The summed E-state index contributed by atoms with van der Waals surface area (Å²) < 4.78 is 7.26. The third-order valence-electron chi connectivity index (χ3n) is 13.7. The zero-order valence-electron chi connectivity index (χ0n) is 37.3. The molecule has 6 heteroatoms. The van der Waals surface area contributed by atoms with E-state index in [0.29, 0.717) is 17.6 Å². The van der Waals surface area contributed by atoms with Crippen LogP contribution in [0.1, 0.15) is 0 Å². The second kappa shape index (κ2) is 15.6. The van der Waals surface area contributed by atoms with Gasteiger partial charge in [0.05, 0.1) is 44.5 Å². The van der Waals surface area contributed by atoms with Crippen LogP contribution >= 0.6 is 0 Å². The van der Waals surface area contributed by atoms with Gasteiger partial charge in [-0.25, -0.2) is 4.98 Å². The van der Waals surface area contributed by atoms with E-state index in [0.717, 1.165) is 99.4 Å². The summed E-state index contributed by atoms with van der Waals surface area (Å²) in [6.45, 7) is 0. The molecule has 0 bridgehead atoms. The Balaban J connectivity index is 1.18. The first-order valence-corrected chi connectivity index (χ1v) is 23.4. The molecule has 0 N–H and O–H groups in total. The third kappa shape index (κ3) is 6.09. The number of benzene rings is 10. The van der Waals surface area contributed by atoms with Crippen LogP contribution in [0.4, 0.5) is 0 Å². The Kier molecular flexibility index (Phi) is 8.79. The Bertz CT molecular complexity index is 4240. The van der Waals surface area contributed by atoms with Crippen LogP contribution in [-0.2, 0) is 0 Å². The van der Waals surface area contributed by atoms with Gasteiger partial charge in [0.25, 0.3) is 0 Å². The zero-order chi connectivity index (χ0) is 45.4. The Labute approximate surface area is 397 Å². The summed E-state index contributed by atoms with van der Waals surface area (Å²) >= 11 is 0. The van der Waals surface area contributed by atoms with Crippen molar-refractivity contribution >= 4 is 65.4 Å². The molecule has 0 atom stereocenters. The second-order valence-corrected chi connectivity index (χ2v) is 17.6. The van der Waals surface area contributed by atoms with Crippen molar-refractivity contribution in [1.29, 1.82) is 0 Å². The maximum Gasteiger partial charge on any atom is 0.238 e. The molecule has 0 saturated carbocycles. The highest BCUT2D eigenvalue weighted by Gasteiger charge is 2.28. The van der Waals surface area contributed by atoms with E-state index in [1.807, 2.05) is 24.3 Å². The fraction of sp³-hybridized carbons (Fsp3) is 0. The number of hydrogen-bond acceptors (Lipinski definition) is 3. The molecular weight excluding hydrogens is 841 g/mol. The van der Waals surface area contributed by atoms with Crippen molar-refractivity contribution in [3.8, 4) is 62.4 Å². The number of aromatic nitrogens is 6. The van der Waals surface area contributed by atoms with Gasteiger partial charge in [-0.05, 0) is 59.2 Å². The standard InChI is InChI=1S/C63H40N6/c1-4-21-41(22-5-1)44-27-20-28-45(39-44)62-64-61(43-25-8-3-9-26-43)65-63(66-62)69-55-37-18-13-32-49(55)51-40-57(67-53-35-16-11-30-47(53)48-31-12-17-36-54(48)67)58-50-33-14-19-38-56(50)68(60(58)59(51)69)52-34-15-10-29-46(52)42-23-6-2-7-24-42/h1-40H. The van der Waals surface area contributed by atoms with Crippen molar-refractivity contribution in [2.45, 2.75) is 0 Å². The molecule has 0 aliphatic heterocycles. The van der Waals surface area contributed by atoms with Gasteiger partial charge >= 0.3 is 0 Å². The number of para-hydroxylation sites is 5. The Hall–Kier alpha value is -9.39. The van der Waals surface area contributed by atoms with Crippen molar-refractivity contribution < 1.29 is 0 Å². The van der Waals surface area contributed by atoms with Crippen LogP contribution in [0.2, 0.25) is 0 Å². The molecule has 14 aromatic rings. The maximum atomic E-state index is 5.52. The van der Waals surface area contributed by atoms with Gasteiger partial charge in [-0.15, -0.1) is 0 Å². The van der Waals surface area contributed by atoms with Crippen molar-refractivity contribution in [3.05, 3.63) is 243 Å². The third-order valence-corrected chi connectivity index (χ3v) is 13.7. The van der Waals surface area contributed by atoms with Crippen LogP contribution in [-0.4, -0.2) is 28.7 Å². The van der Waals surface area contributed by atoms with E-state index >= 15 is 0 Å². The normalized spacial score (nSPS) is 11.8. The molecule has 0 unspecified atom stereocenters. The topological polar surface area (TPSA) is 53.5 Å². The summed E-state index contributed by atoms with van der Waals surface area (Å²) in [4.78, 5) is 16.2. The van der Waals surface area contributed by atoms with Gasteiger partial charge in [0.2, 0.25) is 5.95 Å². The van der Waals surface area contributed by atoms with Crippen molar-refractivity contribution in [2.75, 3.05) is 0 Å². The minimum absolute atomic E-state index is 0.536. The molecule has 10 aromatic carbocycles. The van der Waals surface area contributed by atoms with Crippen molar-refractivity contribution in [1.82, 2.24) is 28.7 Å². The second-order valence-electron chi connectivity index (χ2n) is 17.6. The number of hydrogen-bond donors (Lipinski definition) is 0. The van der Waals surface area contributed by atoms with Gasteiger partial charge in [-0.2, -0.15) is 9.97 Å². The molecule has 0 spiro atoms. The lowest BCUT2D eigenvalue weighted by atomic mass is 10.0. The maximum absolute atomic E-state index is 5.52. The first-order chi connectivity index (χ1) is 34.3. The highest BCUT2D eigenvalue weighted by atomic mass is 15.2. The SMILES string of the molecule is c1ccc(-c2cccc(-c3nc(-c4ccccc4)nc(-n4c5ccccc5c5cc(-n6c7ccccc7c7ccccc76)c6c7ccccc7n(-c7ccccc7-c7ccccc7)c6c54)n3)c2)cc1. The largest absolute Gasteiger partial charge is 0.309 e. The monoisotopic (exact) mass is 880 g/mol. The molecule has 0 fully saturated rings. The first-order valence-electron chi connectivity index (χ1n) is 23.4. The summed E-state index contributed by atoms with van der Waals surface area (Å²) in [5.74, 6) is 1.73. The minimum atomic E-state index is 0.536. The average molecular weight is 881 g/mol. The average Bonchev–Trinajstić information content (AvgIpc) is 4.07.